The van der Waals surface area contributed by atoms with Crippen molar-refractivity contribution in [3.63, 3.8) is 0 Å². The molecule has 0 spiro atoms. The van der Waals surface area contributed by atoms with Gasteiger partial charge in [0.2, 0.25) is 5.91 Å². The monoisotopic (exact) mass is 447 g/mol. The molecule has 1 heterocycles. The second kappa shape index (κ2) is 11.2. The Balaban J connectivity index is 1.85. The van der Waals surface area contributed by atoms with Crippen molar-refractivity contribution in [3.8, 4) is 0 Å². The Bertz CT molecular complexity index is 768. The van der Waals surface area contributed by atoms with Crippen LogP contribution < -0.4 is 5.32 Å². The van der Waals surface area contributed by atoms with Crippen LogP contribution in [0.25, 0.3) is 0 Å². The molecular weight excluding hydrogens is 410 g/mol. The van der Waals surface area contributed by atoms with E-state index in [1.165, 1.54) is 0 Å². The normalized spacial score (nSPS) is 15.8. The Morgan fingerprint density at radius 1 is 1.12 bits per heavy atom. The van der Waals surface area contributed by atoms with Crippen LogP contribution in [0.4, 0.5) is 9.59 Å². The largest absolute Gasteiger partial charge is 0.445 e. The molecule has 3 amide bonds. The predicted molar refractivity (Wildman–Crippen MR) is 122 cm³/mol. The molecule has 2 rings (SSSR count). The summed E-state index contributed by atoms with van der Waals surface area (Å²) in [6, 6.07) is 8.89. The zero-order valence-electron chi connectivity index (χ0n) is 20.1. The quantitative estimate of drug-likeness (QED) is 0.717. The van der Waals surface area contributed by atoms with Gasteiger partial charge < -0.3 is 24.6 Å². The van der Waals surface area contributed by atoms with Crippen molar-refractivity contribution in [2.45, 2.75) is 71.8 Å². The molecule has 1 fully saturated rings. The van der Waals surface area contributed by atoms with E-state index in [-0.39, 0.29) is 30.6 Å². The molecule has 0 radical (unpaired) electrons. The molecule has 1 aliphatic rings. The zero-order valence-corrected chi connectivity index (χ0v) is 20.1. The van der Waals surface area contributed by atoms with Crippen LogP contribution in [-0.4, -0.2) is 65.7 Å². The van der Waals surface area contributed by atoms with Gasteiger partial charge in [-0.05, 0) is 45.1 Å². The lowest BCUT2D eigenvalue weighted by molar-refractivity contribution is -0.136. The number of rotatable bonds is 6. The molecule has 0 saturated carbocycles. The summed E-state index contributed by atoms with van der Waals surface area (Å²) in [6.45, 7) is 10.4. The van der Waals surface area contributed by atoms with Gasteiger partial charge in [0.1, 0.15) is 18.2 Å². The lowest BCUT2D eigenvalue weighted by Gasteiger charge is -2.38. The number of hydrogen-bond acceptors (Lipinski definition) is 5. The first-order valence-corrected chi connectivity index (χ1v) is 11.2. The third-order valence-corrected chi connectivity index (χ3v) is 5.42. The predicted octanol–water partition coefficient (Wildman–Crippen LogP) is 3.80. The number of nitrogens with zero attached hydrogens (tertiary/aromatic N) is 2. The van der Waals surface area contributed by atoms with Gasteiger partial charge in [0, 0.05) is 26.2 Å². The third-order valence-electron chi connectivity index (χ3n) is 5.42. The summed E-state index contributed by atoms with van der Waals surface area (Å²) in [7, 11) is 1.73. The number of alkyl carbamates (subject to hydrolysis) is 1. The van der Waals surface area contributed by atoms with Crippen LogP contribution in [0.15, 0.2) is 30.3 Å². The highest BCUT2D eigenvalue weighted by molar-refractivity contribution is 5.86. The Kier molecular flexibility index (Phi) is 8.92. The van der Waals surface area contributed by atoms with Crippen LogP contribution in [0, 0.1) is 5.92 Å². The van der Waals surface area contributed by atoms with Gasteiger partial charge in [-0.25, -0.2) is 9.59 Å². The highest BCUT2D eigenvalue weighted by Crippen LogP contribution is 2.19. The molecule has 178 valence electrons. The highest BCUT2D eigenvalue weighted by Gasteiger charge is 2.34. The first-order valence-electron chi connectivity index (χ1n) is 11.2. The standard InChI is InChI=1S/C24H37N3O5/c1-17(2)20(25-22(29)32-24(3,4)5)21(28)27-14-12-19(13-15-27)26(6)23(30)31-16-18-10-8-7-9-11-18/h7-11,17,19-20H,12-16H2,1-6H3,(H,25,29)/t20-/m0/s1. The maximum atomic E-state index is 13.1. The summed E-state index contributed by atoms with van der Waals surface area (Å²) < 4.78 is 10.7. The van der Waals surface area contributed by atoms with Gasteiger partial charge in [-0.1, -0.05) is 44.2 Å². The molecule has 0 unspecified atom stereocenters. The number of hydrogen-bond donors (Lipinski definition) is 1. The Hall–Kier alpha value is -2.77. The second-order valence-corrected chi connectivity index (χ2v) is 9.58. The minimum Gasteiger partial charge on any atom is -0.445 e. The topological polar surface area (TPSA) is 88.2 Å². The van der Waals surface area contributed by atoms with Crippen molar-refractivity contribution >= 4 is 18.1 Å². The smallest absolute Gasteiger partial charge is 0.410 e. The molecule has 8 nitrogen and oxygen atoms in total. The Morgan fingerprint density at radius 3 is 2.25 bits per heavy atom. The number of ether oxygens (including phenoxy) is 2. The van der Waals surface area contributed by atoms with E-state index in [1.807, 2.05) is 44.2 Å². The number of likely N-dealkylation sites (tertiary alicyclic amines) is 1. The fourth-order valence-electron chi connectivity index (χ4n) is 3.59. The molecular formula is C24H37N3O5. The highest BCUT2D eigenvalue weighted by atomic mass is 16.6. The van der Waals surface area contributed by atoms with Gasteiger partial charge in [0.15, 0.2) is 0 Å². The van der Waals surface area contributed by atoms with E-state index in [0.717, 1.165) is 5.56 Å². The number of piperidine rings is 1. The Morgan fingerprint density at radius 2 is 1.72 bits per heavy atom. The van der Waals surface area contributed by atoms with E-state index in [0.29, 0.717) is 25.9 Å². The van der Waals surface area contributed by atoms with E-state index in [2.05, 4.69) is 5.32 Å². The first-order chi connectivity index (χ1) is 15.0. The van der Waals surface area contributed by atoms with Crippen LogP contribution in [0.1, 0.15) is 53.0 Å². The van der Waals surface area contributed by atoms with Crippen molar-refractivity contribution in [2.75, 3.05) is 20.1 Å². The van der Waals surface area contributed by atoms with Gasteiger partial charge in [-0.15, -0.1) is 0 Å². The molecule has 1 atom stereocenters. The van der Waals surface area contributed by atoms with Crippen molar-refractivity contribution in [3.05, 3.63) is 35.9 Å². The molecule has 8 heteroatoms. The molecule has 0 aliphatic carbocycles. The van der Waals surface area contributed by atoms with Crippen molar-refractivity contribution in [1.29, 1.82) is 0 Å². The molecule has 0 bridgehead atoms. The lowest BCUT2D eigenvalue weighted by Crippen LogP contribution is -2.55. The lowest BCUT2D eigenvalue weighted by atomic mass is 9.99. The molecule has 1 saturated heterocycles. The number of carbonyl (C=O) groups is 3. The van der Waals surface area contributed by atoms with Crippen LogP contribution in [0.3, 0.4) is 0 Å². The number of carbonyl (C=O) groups excluding carboxylic acids is 3. The van der Waals surface area contributed by atoms with Crippen LogP contribution in [-0.2, 0) is 20.9 Å². The van der Waals surface area contributed by atoms with Gasteiger partial charge in [-0.3, -0.25) is 4.79 Å². The fraction of sp³-hybridized carbons (Fsp3) is 0.625. The van der Waals surface area contributed by atoms with Crippen LogP contribution >= 0.6 is 0 Å². The second-order valence-electron chi connectivity index (χ2n) is 9.58. The minimum atomic E-state index is -0.657. The van der Waals surface area contributed by atoms with E-state index in [9.17, 15) is 14.4 Å². The summed E-state index contributed by atoms with van der Waals surface area (Å²) in [4.78, 5) is 41.0. The summed E-state index contributed by atoms with van der Waals surface area (Å²) >= 11 is 0. The van der Waals surface area contributed by atoms with Gasteiger partial charge >= 0.3 is 12.2 Å². The maximum absolute atomic E-state index is 13.1. The third kappa shape index (κ3) is 7.73. The SMILES string of the molecule is CC(C)[C@H](NC(=O)OC(C)(C)C)C(=O)N1CCC(N(C)C(=O)OCc2ccccc2)CC1. The van der Waals surface area contributed by atoms with Gasteiger partial charge in [0.05, 0.1) is 0 Å². The summed E-state index contributed by atoms with van der Waals surface area (Å²) in [5.74, 6) is -0.206. The molecule has 1 aromatic carbocycles. The number of amides is 3. The van der Waals surface area contributed by atoms with E-state index in [1.54, 1.807) is 37.6 Å². The first kappa shape index (κ1) is 25.5. The number of nitrogens with one attached hydrogen (secondary N) is 1. The van der Waals surface area contributed by atoms with Crippen molar-refractivity contribution in [2.24, 2.45) is 5.92 Å². The summed E-state index contributed by atoms with van der Waals surface area (Å²) in [5, 5.41) is 2.72. The molecule has 0 aromatic heterocycles. The number of benzene rings is 1. The van der Waals surface area contributed by atoms with E-state index >= 15 is 0 Å². The molecule has 1 aromatic rings. The molecule has 1 aliphatic heterocycles. The average Bonchev–Trinajstić information content (AvgIpc) is 2.74. The molecule has 1 N–H and O–H groups in total. The Labute approximate surface area is 191 Å². The van der Waals surface area contributed by atoms with Crippen molar-refractivity contribution in [1.82, 2.24) is 15.1 Å². The van der Waals surface area contributed by atoms with Crippen molar-refractivity contribution < 1.29 is 23.9 Å². The minimum absolute atomic E-state index is 0.00126. The van der Waals surface area contributed by atoms with E-state index in [4.69, 9.17) is 9.47 Å². The summed E-state index contributed by atoms with van der Waals surface area (Å²) in [5.41, 5.74) is 0.305. The fourth-order valence-corrected chi connectivity index (χ4v) is 3.59. The summed E-state index contributed by atoms with van der Waals surface area (Å²) in [6.07, 6.45) is 0.338. The van der Waals surface area contributed by atoms with Gasteiger partial charge in [-0.2, -0.15) is 0 Å². The molecule has 32 heavy (non-hydrogen) atoms. The van der Waals surface area contributed by atoms with Crippen LogP contribution in [0.5, 0.6) is 0 Å². The zero-order chi connectivity index (χ0) is 23.9. The van der Waals surface area contributed by atoms with Crippen LogP contribution in [0.2, 0.25) is 0 Å². The average molecular weight is 448 g/mol. The van der Waals surface area contributed by atoms with E-state index < -0.39 is 17.7 Å². The van der Waals surface area contributed by atoms with Gasteiger partial charge in [0.25, 0.3) is 0 Å². The maximum Gasteiger partial charge on any atom is 0.410 e.